The minimum Gasteiger partial charge on any atom is -0.508 e. The topological polar surface area (TPSA) is 100 Å². The lowest BCUT2D eigenvalue weighted by Gasteiger charge is -2.09. The van der Waals surface area contributed by atoms with Gasteiger partial charge in [-0.25, -0.2) is 5.43 Å². The summed E-state index contributed by atoms with van der Waals surface area (Å²) < 4.78 is 10.1. The number of methoxy groups -OCH3 is 2. The third kappa shape index (κ3) is 3.91. The molecule has 0 heterocycles. The molecule has 3 N–H and O–H groups in total. The van der Waals surface area contributed by atoms with Crippen LogP contribution in [0.1, 0.15) is 15.9 Å². The first-order chi connectivity index (χ1) is 11.0. The van der Waals surface area contributed by atoms with Gasteiger partial charge < -0.3 is 19.7 Å². The van der Waals surface area contributed by atoms with Crippen molar-refractivity contribution in [2.24, 2.45) is 5.10 Å². The molecule has 0 aromatic heterocycles. The van der Waals surface area contributed by atoms with Crippen LogP contribution in [0.3, 0.4) is 0 Å². The van der Waals surface area contributed by atoms with Gasteiger partial charge in [0.25, 0.3) is 5.91 Å². The lowest BCUT2D eigenvalue weighted by molar-refractivity contribution is 0.0954. The number of phenolic OH excluding ortho intramolecular Hbond substituents is 2. The van der Waals surface area contributed by atoms with E-state index in [1.165, 1.54) is 32.6 Å². The highest BCUT2D eigenvalue weighted by atomic mass is 16.5. The Morgan fingerprint density at radius 1 is 1.13 bits per heavy atom. The van der Waals surface area contributed by atoms with Crippen LogP contribution in [0.2, 0.25) is 0 Å². The number of aromatic hydroxyl groups is 2. The van der Waals surface area contributed by atoms with E-state index >= 15 is 0 Å². The van der Waals surface area contributed by atoms with Crippen LogP contribution in [0.5, 0.6) is 23.0 Å². The Hall–Kier alpha value is -3.22. The number of rotatable bonds is 5. The standard InChI is InChI=1S/C16H16N2O5/c1-22-13-6-10(7-14(23-2)15(13)20)9-17-18-16(21)11-4-3-5-12(19)8-11/h3-9,19-20H,1-2H3,(H,18,21). The molecule has 0 aliphatic carbocycles. The van der Waals surface area contributed by atoms with E-state index in [0.717, 1.165) is 0 Å². The first kappa shape index (κ1) is 16.2. The number of hydrogen-bond acceptors (Lipinski definition) is 6. The Kier molecular flexibility index (Phi) is 5.03. The molecule has 0 spiro atoms. The number of amides is 1. The number of phenols is 2. The van der Waals surface area contributed by atoms with Crippen molar-refractivity contribution in [3.05, 3.63) is 47.5 Å². The maximum absolute atomic E-state index is 11.9. The van der Waals surface area contributed by atoms with Crippen molar-refractivity contribution in [3.63, 3.8) is 0 Å². The summed E-state index contributed by atoms with van der Waals surface area (Å²) in [4.78, 5) is 11.9. The molecule has 0 saturated heterocycles. The van der Waals surface area contributed by atoms with Gasteiger partial charge in [-0.05, 0) is 30.3 Å². The highest BCUT2D eigenvalue weighted by Gasteiger charge is 2.10. The van der Waals surface area contributed by atoms with Crippen LogP contribution in [0.15, 0.2) is 41.5 Å². The summed E-state index contributed by atoms with van der Waals surface area (Å²) in [6, 6.07) is 9.00. The van der Waals surface area contributed by atoms with Crippen LogP contribution in [0.25, 0.3) is 0 Å². The first-order valence-electron chi connectivity index (χ1n) is 6.62. The second kappa shape index (κ2) is 7.17. The molecule has 1 amide bonds. The van der Waals surface area contributed by atoms with E-state index in [4.69, 9.17) is 9.47 Å². The van der Waals surface area contributed by atoms with Crippen LogP contribution < -0.4 is 14.9 Å². The van der Waals surface area contributed by atoms with Crippen molar-refractivity contribution in [3.8, 4) is 23.0 Å². The van der Waals surface area contributed by atoms with E-state index in [1.54, 1.807) is 24.3 Å². The Bertz CT molecular complexity index is 718. The van der Waals surface area contributed by atoms with Crippen molar-refractivity contribution < 1.29 is 24.5 Å². The summed E-state index contributed by atoms with van der Waals surface area (Å²) in [7, 11) is 2.83. The zero-order chi connectivity index (χ0) is 16.8. The number of hydrogen-bond donors (Lipinski definition) is 3. The van der Waals surface area contributed by atoms with Gasteiger partial charge in [-0.1, -0.05) is 6.07 Å². The maximum Gasteiger partial charge on any atom is 0.271 e. The van der Waals surface area contributed by atoms with Crippen LogP contribution in [-0.4, -0.2) is 36.6 Å². The Morgan fingerprint density at radius 2 is 1.78 bits per heavy atom. The van der Waals surface area contributed by atoms with Gasteiger partial charge in [0, 0.05) is 11.1 Å². The van der Waals surface area contributed by atoms with E-state index in [1.807, 2.05) is 0 Å². The zero-order valence-electron chi connectivity index (χ0n) is 12.6. The van der Waals surface area contributed by atoms with Crippen LogP contribution in [-0.2, 0) is 0 Å². The molecule has 0 bridgehead atoms. The highest BCUT2D eigenvalue weighted by molar-refractivity contribution is 5.95. The smallest absolute Gasteiger partial charge is 0.271 e. The fourth-order valence-electron chi connectivity index (χ4n) is 1.87. The second-order valence-electron chi connectivity index (χ2n) is 4.52. The molecule has 2 rings (SSSR count). The number of carbonyl (C=O) groups is 1. The van der Waals surface area contributed by atoms with Crippen LogP contribution in [0, 0.1) is 0 Å². The minimum absolute atomic E-state index is 0.00497. The number of benzene rings is 2. The van der Waals surface area contributed by atoms with Crippen molar-refractivity contribution in [1.82, 2.24) is 5.43 Å². The van der Waals surface area contributed by atoms with Gasteiger partial charge in [0.05, 0.1) is 20.4 Å². The predicted octanol–water partition coefficient (Wildman–Crippen LogP) is 1.88. The van der Waals surface area contributed by atoms with Gasteiger partial charge in [-0.15, -0.1) is 0 Å². The fraction of sp³-hybridized carbons (Fsp3) is 0.125. The molecule has 2 aromatic carbocycles. The Morgan fingerprint density at radius 3 is 2.35 bits per heavy atom. The SMILES string of the molecule is COc1cc(C=NNC(=O)c2cccc(O)c2)cc(OC)c1O. The van der Waals surface area contributed by atoms with E-state index in [0.29, 0.717) is 5.56 Å². The third-order valence-corrected chi connectivity index (χ3v) is 2.99. The Balaban J connectivity index is 2.13. The maximum atomic E-state index is 11.9. The third-order valence-electron chi connectivity index (χ3n) is 2.99. The number of ether oxygens (including phenoxy) is 2. The van der Waals surface area contributed by atoms with Crippen molar-refractivity contribution >= 4 is 12.1 Å². The van der Waals surface area contributed by atoms with Gasteiger partial charge >= 0.3 is 0 Å². The molecule has 0 fully saturated rings. The quantitative estimate of drug-likeness (QED) is 0.577. The molecule has 0 saturated carbocycles. The lowest BCUT2D eigenvalue weighted by atomic mass is 10.2. The Labute approximate surface area is 132 Å². The molecule has 0 aliphatic rings. The second-order valence-corrected chi connectivity index (χ2v) is 4.52. The van der Waals surface area contributed by atoms with E-state index < -0.39 is 5.91 Å². The minimum atomic E-state index is -0.463. The fourth-order valence-corrected chi connectivity index (χ4v) is 1.87. The van der Waals surface area contributed by atoms with Gasteiger partial charge in [0.2, 0.25) is 5.75 Å². The molecular weight excluding hydrogens is 300 g/mol. The molecule has 0 radical (unpaired) electrons. The summed E-state index contributed by atoms with van der Waals surface area (Å²) >= 11 is 0. The van der Waals surface area contributed by atoms with Gasteiger partial charge in [-0.2, -0.15) is 5.10 Å². The van der Waals surface area contributed by atoms with Crippen molar-refractivity contribution in [2.75, 3.05) is 14.2 Å². The average molecular weight is 316 g/mol. The van der Waals surface area contributed by atoms with E-state index in [9.17, 15) is 15.0 Å². The summed E-state index contributed by atoms with van der Waals surface area (Å²) in [5, 5.41) is 23.0. The molecule has 23 heavy (non-hydrogen) atoms. The number of carbonyl (C=O) groups excluding carboxylic acids is 1. The lowest BCUT2D eigenvalue weighted by Crippen LogP contribution is -2.17. The van der Waals surface area contributed by atoms with Gasteiger partial charge in [0.15, 0.2) is 11.5 Å². The number of nitrogens with zero attached hydrogens (tertiary/aromatic N) is 1. The van der Waals surface area contributed by atoms with Crippen LogP contribution >= 0.6 is 0 Å². The molecule has 7 heteroatoms. The molecule has 0 unspecified atom stereocenters. The molecule has 0 atom stereocenters. The largest absolute Gasteiger partial charge is 0.508 e. The zero-order valence-corrected chi connectivity index (χ0v) is 12.6. The normalized spacial score (nSPS) is 10.5. The molecular formula is C16H16N2O5. The first-order valence-corrected chi connectivity index (χ1v) is 6.62. The summed E-state index contributed by atoms with van der Waals surface area (Å²) in [5.74, 6) is -0.129. The molecule has 2 aromatic rings. The number of nitrogens with one attached hydrogen (secondary N) is 1. The average Bonchev–Trinajstić information content (AvgIpc) is 2.55. The summed E-state index contributed by atoms with van der Waals surface area (Å²) in [6.07, 6.45) is 1.38. The molecule has 0 aliphatic heterocycles. The van der Waals surface area contributed by atoms with Crippen molar-refractivity contribution in [2.45, 2.75) is 0 Å². The van der Waals surface area contributed by atoms with Gasteiger partial charge in [-0.3, -0.25) is 4.79 Å². The predicted molar refractivity (Wildman–Crippen MR) is 84.4 cm³/mol. The van der Waals surface area contributed by atoms with Gasteiger partial charge in [0.1, 0.15) is 5.75 Å². The molecule has 7 nitrogen and oxygen atoms in total. The molecule has 120 valence electrons. The van der Waals surface area contributed by atoms with Crippen LogP contribution in [0.4, 0.5) is 0 Å². The summed E-state index contributed by atoms with van der Waals surface area (Å²) in [6.45, 7) is 0. The van der Waals surface area contributed by atoms with Crippen molar-refractivity contribution in [1.29, 1.82) is 0 Å². The van der Waals surface area contributed by atoms with E-state index in [-0.39, 0.29) is 28.6 Å². The highest BCUT2D eigenvalue weighted by Crippen LogP contribution is 2.36. The summed E-state index contributed by atoms with van der Waals surface area (Å²) in [5.41, 5.74) is 3.18. The van der Waals surface area contributed by atoms with E-state index in [2.05, 4.69) is 10.5 Å². The monoisotopic (exact) mass is 316 g/mol. The number of hydrazone groups is 1.